The summed E-state index contributed by atoms with van der Waals surface area (Å²) in [6.07, 6.45) is 2.70. The Labute approximate surface area is 164 Å². The van der Waals surface area contributed by atoms with Gasteiger partial charge in [-0.05, 0) is 42.2 Å². The molecule has 0 radical (unpaired) electrons. The summed E-state index contributed by atoms with van der Waals surface area (Å²) >= 11 is 0. The van der Waals surface area contributed by atoms with Gasteiger partial charge in [-0.15, -0.1) is 0 Å². The molecule has 150 valence electrons. The largest absolute Gasteiger partial charge is 0.468 e. The molecule has 1 aliphatic carbocycles. The van der Waals surface area contributed by atoms with Crippen LogP contribution >= 0.6 is 0 Å². The van der Waals surface area contributed by atoms with Crippen LogP contribution in [0.25, 0.3) is 6.08 Å². The number of aliphatic hydroxyl groups is 1. The Kier molecular flexibility index (Phi) is 4.95. The minimum absolute atomic E-state index is 0.133. The number of aryl methyl sites for hydroxylation is 1. The summed E-state index contributed by atoms with van der Waals surface area (Å²) < 4.78 is 57.3. The van der Waals surface area contributed by atoms with Gasteiger partial charge in [-0.2, -0.15) is 4.31 Å². The molecule has 1 aliphatic heterocycles. The predicted molar refractivity (Wildman–Crippen MR) is 104 cm³/mol. The zero-order valence-electron chi connectivity index (χ0n) is 15.1. The van der Waals surface area contributed by atoms with Crippen LogP contribution in [-0.2, 0) is 32.8 Å². The Morgan fingerprint density at radius 1 is 1.11 bits per heavy atom. The van der Waals surface area contributed by atoms with Gasteiger partial charge in [-0.25, -0.2) is 16.8 Å². The summed E-state index contributed by atoms with van der Waals surface area (Å²) in [5, 5.41) is 10.3. The Morgan fingerprint density at radius 3 is 2.57 bits per heavy atom. The Bertz CT molecular complexity index is 1100. The molecular formula is C19H21NO6S2. The highest BCUT2D eigenvalue weighted by atomic mass is 32.2. The third kappa shape index (κ3) is 3.67. The molecule has 28 heavy (non-hydrogen) atoms. The van der Waals surface area contributed by atoms with Crippen LogP contribution in [0.2, 0.25) is 0 Å². The van der Waals surface area contributed by atoms with Crippen molar-refractivity contribution in [3.05, 3.63) is 64.5 Å². The molecule has 1 fully saturated rings. The summed E-state index contributed by atoms with van der Waals surface area (Å²) in [5.41, 5.74) is 1.91. The number of sulfone groups is 1. The normalized spacial score (nSPS) is 24.1. The van der Waals surface area contributed by atoms with E-state index < -0.39 is 43.5 Å². The molecule has 0 amide bonds. The van der Waals surface area contributed by atoms with Crippen molar-refractivity contribution in [2.75, 3.05) is 11.5 Å². The van der Waals surface area contributed by atoms with Gasteiger partial charge in [0.1, 0.15) is 5.76 Å². The summed E-state index contributed by atoms with van der Waals surface area (Å²) in [4.78, 5) is 0.217. The van der Waals surface area contributed by atoms with Crippen molar-refractivity contribution < 1.29 is 26.4 Å². The molecule has 0 spiro atoms. The number of sulfonamides is 1. The minimum Gasteiger partial charge on any atom is -0.468 e. The number of allylic oxidation sites excluding steroid dienone is 1. The quantitative estimate of drug-likeness (QED) is 0.783. The van der Waals surface area contributed by atoms with E-state index in [1.807, 2.05) is 24.3 Å². The predicted octanol–water partition coefficient (Wildman–Crippen LogP) is 1.56. The lowest BCUT2D eigenvalue weighted by molar-refractivity contribution is 0.122. The average molecular weight is 424 g/mol. The highest BCUT2D eigenvalue weighted by Gasteiger charge is 2.45. The van der Waals surface area contributed by atoms with Crippen molar-refractivity contribution in [1.29, 1.82) is 0 Å². The smallest absolute Gasteiger partial charge is 0.240 e. The SMILES string of the molecule is O=S1(=O)C[C@H](O)[C@@H](N(Cc2ccco2)S(=O)(=O)C2=Cc3ccccc3CC2)C1. The first-order valence-corrected chi connectivity index (χ1v) is 12.2. The molecule has 1 saturated heterocycles. The molecule has 1 aromatic heterocycles. The van der Waals surface area contributed by atoms with Crippen LogP contribution in [0.3, 0.4) is 0 Å². The number of aliphatic hydroxyl groups excluding tert-OH is 1. The molecule has 7 nitrogen and oxygen atoms in total. The topological polar surface area (TPSA) is 105 Å². The Morgan fingerprint density at radius 2 is 1.89 bits per heavy atom. The first kappa shape index (κ1) is 19.4. The molecule has 0 unspecified atom stereocenters. The second kappa shape index (κ2) is 7.14. The van der Waals surface area contributed by atoms with E-state index in [0.717, 1.165) is 15.4 Å². The van der Waals surface area contributed by atoms with Crippen LogP contribution < -0.4 is 0 Å². The summed E-state index contributed by atoms with van der Waals surface area (Å²) in [7, 11) is -7.51. The van der Waals surface area contributed by atoms with E-state index in [4.69, 9.17) is 4.42 Å². The van der Waals surface area contributed by atoms with Crippen LogP contribution in [-0.4, -0.2) is 49.9 Å². The number of fused-ring (bicyclic) bond motifs is 1. The van der Waals surface area contributed by atoms with E-state index in [1.165, 1.54) is 6.26 Å². The molecule has 9 heteroatoms. The zero-order valence-corrected chi connectivity index (χ0v) is 16.7. The second-order valence-electron chi connectivity index (χ2n) is 7.15. The van der Waals surface area contributed by atoms with E-state index in [1.54, 1.807) is 18.2 Å². The van der Waals surface area contributed by atoms with Gasteiger partial charge in [-0.1, -0.05) is 24.3 Å². The first-order chi connectivity index (χ1) is 13.3. The summed E-state index contributed by atoms with van der Waals surface area (Å²) in [5.74, 6) is -0.460. The molecule has 2 aliphatic rings. The van der Waals surface area contributed by atoms with Crippen molar-refractivity contribution >= 4 is 25.9 Å². The fourth-order valence-corrected chi connectivity index (χ4v) is 7.48. The maximum absolute atomic E-state index is 13.5. The van der Waals surface area contributed by atoms with Crippen molar-refractivity contribution in [2.45, 2.75) is 31.5 Å². The highest BCUT2D eigenvalue weighted by molar-refractivity contribution is 7.93. The number of nitrogens with zero attached hydrogens (tertiary/aromatic N) is 1. The lowest BCUT2D eigenvalue weighted by Gasteiger charge is -2.30. The molecule has 1 N–H and O–H groups in total. The molecular weight excluding hydrogens is 402 g/mol. The van der Waals surface area contributed by atoms with Gasteiger partial charge in [0.05, 0.1) is 41.4 Å². The number of benzene rings is 1. The molecule has 0 saturated carbocycles. The first-order valence-electron chi connectivity index (χ1n) is 8.97. The number of furan rings is 1. The second-order valence-corrected chi connectivity index (χ2v) is 11.2. The van der Waals surface area contributed by atoms with Gasteiger partial charge in [0.2, 0.25) is 10.0 Å². The van der Waals surface area contributed by atoms with Gasteiger partial charge in [0.25, 0.3) is 0 Å². The van der Waals surface area contributed by atoms with Crippen molar-refractivity contribution in [1.82, 2.24) is 4.31 Å². The number of hydrogen-bond donors (Lipinski definition) is 1. The molecule has 2 aromatic rings. The van der Waals surface area contributed by atoms with E-state index in [-0.39, 0.29) is 11.4 Å². The van der Waals surface area contributed by atoms with E-state index in [2.05, 4.69) is 0 Å². The molecule has 2 heterocycles. The van der Waals surface area contributed by atoms with E-state index >= 15 is 0 Å². The molecule has 4 rings (SSSR count). The van der Waals surface area contributed by atoms with Gasteiger partial charge in [-0.3, -0.25) is 0 Å². The van der Waals surface area contributed by atoms with Crippen LogP contribution in [0.5, 0.6) is 0 Å². The average Bonchev–Trinajstić information content (AvgIpc) is 3.25. The van der Waals surface area contributed by atoms with Crippen molar-refractivity contribution in [3.8, 4) is 0 Å². The Balaban J connectivity index is 1.74. The summed E-state index contributed by atoms with van der Waals surface area (Å²) in [6, 6.07) is 9.80. The lowest BCUT2D eigenvalue weighted by atomic mass is 9.98. The fourth-order valence-electron chi connectivity index (χ4n) is 3.78. The van der Waals surface area contributed by atoms with Gasteiger partial charge in [0.15, 0.2) is 9.84 Å². The van der Waals surface area contributed by atoms with Gasteiger partial charge >= 0.3 is 0 Å². The van der Waals surface area contributed by atoms with Crippen LogP contribution in [0, 0.1) is 0 Å². The Hall–Kier alpha value is -1.94. The highest BCUT2D eigenvalue weighted by Crippen LogP contribution is 2.33. The third-order valence-corrected chi connectivity index (χ3v) is 8.91. The van der Waals surface area contributed by atoms with Crippen molar-refractivity contribution in [2.24, 2.45) is 0 Å². The maximum atomic E-state index is 13.5. The monoisotopic (exact) mass is 423 g/mol. The van der Waals surface area contributed by atoms with Gasteiger partial charge in [0, 0.05) is 0 Å². The molecule has 1 aromatic carbocycles. The minimum atomic E-state index is -4.00. The fraction of sp³-hybridized carbons (Fsp3) is 0.368. The van der Waals surface area contributed by atoms with Crippen LogP contribution in [0.4, 0.5) is 0 Å². The van der Waals surface area contributed by atoms with Crippen LogP contribution in [0.15, 0.2) is 52.0 Å². The molecule has 2 atom stereocenters. The van der Waals surface area contributed by atoms with Crippen molar-refractivity contribution in [3.63, 3.8) is 0 Å². The summed E-state index contributed by atoms with van der Waals surface area (Å²) in [6.45, 7) is -0.133. The standard InChI is InChI=1S/C19H21NO6S2/c21-19-13-27(22,23)12-18(19)20(11-16-6-3-9-26-16)28(24,25)17-8-7-14-4-1-2-5-15(14)10-17/h1-6,9-10,18-19,21H,7-8,11-13H2/t18-,19-/m0/s1. The zero-order chi connectivity index (χ0) is 19.9. The molecule has 0 bridgehead atoms. The lowest BCUT2D eigenvalue weighted by Crippen LogP contribution is -2.46. The number of rotatable bonds is 5. The van der Waals surface area contributed by atoms with Crippen LogP contribution in [0.1, 0.15) is 23.3 Å². The maximum Gasteiger partial charge on any atom is 0.240 e. The van der Waals surface area contributed by atoms with Gasteiger partial charge < -0.3 is 9.52 Å². The van der Waals surface area contributed by atoms with E-state index in [9.17, 15) is 21.9 Å². The third-order valence-electron chi connectivity index (χ3n) is 5.21. The van der Waals surface area contributed by atoms with E-state index in [0.29, 0.717) is 18.6 Å². The number of hydrogen-bond acceptors (Lipinski definition) is 6.